The van der Waals surface area contributed by atoms with Crippen LogP contribution in [0.2, 0.25) is 5.04 Å². The first kappa shape index (κ1) is 27.9. The van der Waals surface area contributed by atoms with E-state index >= 15 is 0 Å². The van der Waals surface area contributed by atoms with Crippen LogP contribution >= 0.6 is 0 Å². The van der Waals surface area contributed by atoms with Crippen LogP contribution in [0, 0.1) is 0 Å². The van der Waals surface area contributed by atoms with Crippen molar-refractivity contribution in [3.8, 4) is 0 Å². The van der Waals surface area contributed by atoms with Crippen molar-refractivity contribution in [2.75, 3.05) is 13.1 Å². The zero-order chi connectivity index (χ0) is 27.6. The number of piperidine rings is 1. The zero-order valence-corrected chi connectivity index (χ0v) is 24.5. The van der Waals surface area contributed by atoms with Crippen molar-refractivity contribution in [1.29, 1.82) is 0 Å². The zero-order valence-electron chi connectivity index (χ0n) is 23.5. The van der Waals surface area contributed by atoms with Crippen LogP contribution in [0.25, 0.3) is 0 Å². The predicted octanol–water partition coefficient (Wildman–Crippen LogP) is 4.83. The number of hydrogen-bond acceptors (Lipinski definition) is 4. The molecule has 0 aliphatic carbocycles. The number of carbonyl (C=O) groups excluding carboxylic acids is 1. The highest BCUT2D eigenvalue weighted by Crippen LogP contribution is 2.37. The third-order valence-electron chi connectivity index (χ3n) is 7.17. The van der Waals surface area contributed by atoms with Crippen LogP contribution in [0.3, 0.4) is 0 Å². The Hall–Kier alpha value is -3.10. The fraction of sp³-hybridized carbons (Fsp3) is 0.467. The van der Waals surface area contributed by atoms with E-state index in [0.29, 0.717) is 32.5 Å². The molecule has 0 atom stereocenters. The number of nitrogens with one attached hydrogen (secondary N) is 1. The summed E-state index contributed by atoms with van der Waals surface area (Å²) in [5.41, 5.74) is 0.102. The highest BCUT2D eigenvalue weighted by molar-refractivity contribution is 6.99. The quantitative estimate of drug-likeness (QED) is 0.459. The van der Waals surface area contributed by atoms with Crippen molar-refractivity contribution < 1.29 is 14.0 Å². The van der Waals surface area contributed by atoms with Gasteiger partial charge in [0.2, 0.25) is 0 Å². The molecule has 2 aromatic carbocycles. The number of rotatable bonds is 6. The molecular formula is C30H41N3O4Si. The Kier molecular flexibility index (Phi) is 8.04. The van der Waals surface area contributed by atoms with Crippen molar-refractivity contribution in [3.63, 3.8) is 0 Å². The van der Waals surface area contributed by atoms with Gasteiger partial charge in [0.1, 0.15) is 5.60 Å². The van der Waals surface area contributed by atoms with E-state index in [9.17, 15) is 9.59 Å². The number of carbonyl (C=O) groups is 1. The highest BCUT2D eigenvalue weighted by atomic mass is 28.4. The van der Waals surface area contributed by atoms with Gasteiger partial charge in [-0.25, -0.2) is 9.59 Å². The second kappa shape index (κ2) is 10.9. The van der Waals surface area contributed by atoms with Crippen LogP contribution in [0.5, 0.6) is 0 Å². The van der Waals surface area contributed by atoms with E-state index < -0.39 is 13.9 Å². The summed E-state index contributed by atoms with van der Waals surface area (Å²) in [5, 5.41) is 2.26. The number of hydrogen-bond donors (Lipinski definition) is 1. The summed E-state index contributed by atoms with van der Waals surface area (Å²) in [7, 11) is -2.71. The van der Waals surface area contributed by atoms with E-state index in [0.717, 1.165) is 5.69 Å². The Bertz CT molecular complexity index is 1230. The van der Waals surface area contributed by atoms with Gasteiger partial charge in [0.05, 0.1) is 12.3 Å². The van der Waals surface area contributed by atoms with E-state index in [1.807, 2.05) is 39.1 Å². The van der Waals surface area contributed by atoms with Gasteiger partial charge in [-0.2, -0.15) is 0 Å². The van der Waals surface area contributed by atoms with E-state index in [1.54, 1.807) is 9.47 Å². The molecule has 0 saturated carbocycles. The van der Waals surface area contributed by atoms with E-state index in [4.69, 9.17) is 9.16 Å². The van der Waals surface area contributed by atoms with Crippen molar-refractivity contribution in [1.82, 2.24) is 14.5 Å². The first-order valence-corrected chi connectivity index (χ1v) is 15.3. The van der Waals surface area contributed by atoms with Gasteiger partial charge in [-0.15, -0.1) is 0 Å². The van der Waals surface area contributed by atoms with Crippen molar-refractivity contribution in [3.05, 3.63) is 83.0 Å². The standard InChI is InChI=1S/C30H41N3O4Si/c1-29(2,3)37-28(35)32-19-17-24(18-20-32)33-21-23(31-27(33)34)22-36-38(30(4,5)6,25-13-9-7-10-14-25)26-15-11-8-12-16-26/h7-16,21,24H,17-20,22H2,1-6H3,(H,31,34). The molecule has 0 spiro atoms. The van der Waals surface area contributed by atoms with Gasteiger partial charge in [0.15, 0.2) is 0 Å². The monoisotopic (exact) mass is 535 g/mol. The maximum atomic E-state index is 13.0. The SMILES string of the molecule is CC(C)(C)OC(=O)N1CCC(n2cc(CO[Si](c3ccccc3)(c3ccccc3)C(C)(C)C)[nH]c2=O)CC1. The van der Waals surface area contributed by atoms with Crippen LogP contribution in [0.4, 0.5) is 4.79 Å². The first-order chi connectivity index (χ1) is 17.9. The molecule has 7 nitrogen and oxygen atoms in total. The number of aromatic nitrogens is 2. The topological polar surface area (TPSA) is 76.6 Å². The summed E-state index contributed by atoms with van der Waals surface area (Å²) < 4.78 is 14.3. The first-order valence-electron chi connectivity index (χ1n) is 13.4. The molecule has 0 unspecified atom stereocenters. The fourth-order valence-corrected chi connectivity index (χ4v) is 9.93. The van der Waals surface area contributed by atoms with Crippen molar-refractivity contribution in [2.45, 2.75) is 77.7 Å². The summed E-state index contributed by atoms with van der Waals surface area (Å²) in [6.07, 6.45) is 3.00. The smallest absolute Gasteiger partial charge is 0.410 e. The lowest BCUT2D eigenvalue weighted by atomic mass is 10.1. The summed E-state index contributed by atoms with van der Waals surface area (Å²) in [4.78, 5) is 30.2. The van der Waals surface area contributed by atoms with E-state index in [-0.39, 0.29) is 22.9 Å². The normalized spacial score (nSPS) is 15.5. The fourth-order valence-electron chi connectivity index (χ4n) is 5.41. The van der Waals surface area contributed by atoms with Gasteiger partial charge in [-0.05, 0) is 49.0 Å². The minimum Gasteiger partial charge on any atom is -0.444 e. The lowest BCUT2D eigenvalue weighted by Crippen LogP contribution is -2.66. The number of amides is 1. The molecule has 1 aromatic heterocycles. The molecule has 0 radical (unpaired) electrons. The van der Waals surface area contributed by atoms with Crippen molar-refractivity contribution >= 4 is 24.8 Å². The molecule has 1 N–H and O–H groups in total. The molecule has 0 bridgehead atoms. The van der Waals surface area contributed by atoms with Gasteiger partial charge < -0.3 is 19.0 Å². The van der Waals surface area contributed by atoms with Gasteiger partial charge in [0.25, 0.3) is 8.32 Å². The van der Waals surface area contributed by atoms with Gasteiger partial charge in [-0.3, -0.25) is 4.57 Å². The molecular weight excluding hydrogens is 494 g/mol. The number of aromatic amines is 1. The molecule has 2 heterocycles. The molecule has 38 heavy (non-hydrogen) atoms. The Morgan fingerprint density at radius 2 is 1.45 bits per heavy atom. The molecule has 4 rings (SSSR count). The molecule has 1 saturated heterocycles. The molecule has 1 amide bonds. The third kappa shape index (κ3) is 5.97. The lowest BCUT2D eigenvalue weighted by Gasteiger charge is -2.42. The predicted molar refractivity (Wildman–Crippen MR) is 154 cm³/mol. The Balaban J connectivity index is 1.54. The van der Waals surface area contributed by atoms with Crippen LogP contribution in [0.15, 0.2) is 71.7 Å². The summed E-state index contributed by atoms with van der Waals surface area (Å²) in [6.45, 7) is 13.8. The largest absolute Gasteiger partial charge is 0.444 e. The highest BCUT2D eigenvalue weighted by Gasteiger charge is 2.50. The molecule has 3 aromatic rings. The van der Waals surface area contributed by atoms with E-state index in [1.165, 1.54) is 10.4 Å². The summed E-state index contributed by atoms with van der Waals surface area (Å²) in [5.74, 6) is 0. The minimum atomic E-state index is -2.71. The molecule has 8 heteroatoms. The van der Waals surface area contributed by atoms with Crippen LogP contribution < -0.4 is 16.1 Å². The van der Waals surface area contributed by atoms with Gasteiger partial charge in [-0.1, -0.05) is 81.4 Å². The van der Waals surface area contributed by atoms with E-state index in [2.05, 4.69) is 74.3 Å². The number of likely N-dealkylation sites (tertiary alicyclic amines) is 1. The van der Waals surface area contributed by atoms with Crippen LogP contribution in [-0.2, 0) is 15.8 Å². The number of ether oxygens (including phenoxy) is 1. The molecule has 204 valence electrons. The maximum absolute atomic E-state index is 13.0. The van der Waals surface area contributed by atoms with Crippen LogP contribution in [0.1, 0.15) is 66.1 Å². The Labute approximate surface area is 226 Å². The molecule has 1 aliphatic heterocycles. The van der Waals surface area contributed by atoms with Gasteiger partial charge >= 0.3 is 11.8 Å². The number of benzene rings is 2. The third-order valence-corrected chi connectivity index (χ3v) is 12.1. The van der Waals surface area contributed by atoms with Crippen molar-refractivity contribution in [2.24, 2.45) is 0 Å². The second-order valence-electron chi connectivity index (χ2n) is 12.1. The number of imidazole rings is 1. The van der Waals surface area contributed by atoms with Crippen LogP contribution in [-0.4, -0.2) is 47.6 Å². The lowest BCUT2D eigenvalue weighted by molar-refractivity contribution is 0.0187. The Morgan fingerprint density at radius 1 is 0.921 bits per heavy atom. The summed E-state index contributed by atoms with van der Waals surface area (Å²) >= 11 is 0. The Morgan fingerprint density at radius 3 is 1.92 bits per heavy atom. The van der Waals surface area contributed by atoms with Gasteiger partial charge in [0, 0.05) is 25.3 Å². The average molecular weight is 536 g/mol. The second-order valence-corrected chi connectivity index (χ2v) is 16.4. The number of nitrogens with zero attached hydrogens (tertiary/aromatic N) is 2. The minimum absolute atomic E-state index is 0.0269. The molecule has 1 fully saturated rings. The maximum Gasteiger partial charge on any atom is 0.410 e. The summed E-state index contributed by atoms with van der Waals surface area (Å²) in [6, 6.07) is 21.0. The molecule has 1 aliphatic rings. The number of H-pyrrole nitrogens is 1. The average Bonchev–Trinajstić information content (AvgIpc) is 3.24.